The predicted octanol–water partition coefficient (Wildman–Crippen LogP) is 1.17. The van der Waals surface area contributed by atoms with E-state index in [1.54, 1.807) is 0 Å². The molecule has 11 heteroatoms. The molecule has 8 nitrogen and oxygen atoms in total. The average molecular weight is 326 g/mol. The molecule has 0 aromatic carbocycles. The summed E-state index contributed by atoms with van der Waals surface area (Å²) in [6.07, 6.45) is -0.624. The topological polar surface area (TPSA) is 102 Å². The standard InChI is InChI=1S/C12H9F3N6O2/c13-12(14,15)6-21-2-1-7(19-21)3-10-18-11(20-23-10)8-4-17-9(22)5-16-8/h1-2,4-5H,3,6H2,(H,17,22). The molecule has 3 heterocycles. The number of alkyl halides is 3. The number of rotatable bonds is 4. The van der Waals surface area contributed by atoms with E-state index in [-0.39, 0.29) is 23.7 Å². The van der Waals surface area contributed by atoms with Gasteiger partial charge in [-0.1, -0.05) is 5.16 Å². The summed E-state index contributed by atoms with van der Waals surface area (Å²) in [6.45, 7) is -1.16. The summed E-state index contributed by atoms with van der Waals surface area (Å²) >= 11 is 0. The molecule has 3 aromatic heterocycles. The van der Waals surface area contributed by atoms with E-state index < -0.39 is 12.7 Å². The van der Waals surface area contributed by atoms with Crippen LogP contribution < -0.4 is 5.56 Å². The van der Waals surface area contributed by atoms with E-state index in [1.165, 1.54) is 18.5 Å². The van der Waals surface area contributed by atoms with E-state index in [0.29, 0.717) is 11.4 Å². The first-order valence-electron chi connectivity index (χ1n) is 6.36. The maximum absolute atomic E-state index is 12.3. The minimum atomic E-state index is -4.34. The normalized spacial score (nSPS) is 11.8. The van der Waals surface area contributed by atoms with Gasteiger partial charge < -0.3 is 9.51 Å². The van der Waals surface area contributed by atoms with Crippen LogP contribution in [0.15, 0.2) is 34.0 Å². The predicted molar refractivity (Wildman–Crippen MR) is 69.2 cm³/mol. The van der Waals surface area contributed by atoms with Gasteiger partial charge in [0.25, 0.3) is 5.56 Å². The van der Waals surface area contributed by atoms with Crippen LogP contribution in [0.5, 0.6) is 0 Å². The Morgan fingerprint density at radius 1 is 1.35 bits per heavy atom. The van der Waals surface area contributed by atoms with Gasteiger partial charge in [-0.15, -0.1) is 0 Å². The maximum atomic E-state index is 12.3. The van der Waals surface area contributed by atoms with Crippen LogP contribution in [0.2, 0.25) is 0 Å². The quantitative estimate of drug-likeness (QED) is 0.772. The lowest BCUT2D eigenvalue weighted by molar-refractivity contribution is -0.142. The Labute approximate surface area is 126 Å². The van der Waals surface area contributed by atoms with Gasteiger partial charge in [0.05, 0.1) is 18.3 Å². The number of hydrogen-bond acceptors (Lipinski definition) is 6. The summed E-state index contributed by atoms with van der Waals surface area (Å²) in [5, 5.41) is 7.48. The van der Waals surface area contributed by atoms with Crippen LogP contribution >= 0.6 is 0 Å². The van der Waals surface area contributed by atoms with Crippen LogP contribution in [0.4, 0.5) is 13.2 Å². The molecule has 3 rings (SSSR count). The van der Waals surface area contributed by atoms with E-state index in [0.717, 1.165) is 10.9 Å². The van der Waals surface area contributed by atoms with Crippen molar-refractivity contribution < 1.29 is 17.7 Å². The number of nitrogens with zero attached hydrogens (tertiary/aromatic N) is 5. The Bertz CT molecular complexity index is 846. The third-order valence-corrected chi connectivity index (χ3v) is 2.74. The lowest BCUT2D eigenvalue weighted by Gasteiger charge is -2.05. The lowest BCUT2D eigenvalue weighted by Crippen LogP contribution is -2.18. The van der Waals surface area contributed by atoms with E-state index in [4.69, 9.17) is 4.52 Å². The minimum absolute atomic E-state index is 0.0845. The molecule has 0 radical (unpaired) electrons. The molecule has 0 aliphatic heterocycles. The molecule has 0 fully saturated rings. The molecule has 23 heavy (non-hydrogen) atoms. The van der Waals surface area contributed by atoms with Crippen molar-refractivity contribution in [3.05, 3.63) is 46.6 Å². The highest BCUT2D eigenvalue weighted by atomic mass is 19.4. The maximum Gasteiger partial charge on any atom is 0.408 e. The van der Waals surface area contributed by atoms with E-state index in [9.17, 15) is 18.0 Å². The summed E-state index contributed by atoms with van der Waals surface area (Å²) < 4.78 is 42.6. The molecule has 0 saturated carbocycles. The largest absolute Gasteiger partial charge is 0.408 e. The fourth-order valence-electron chi connectivity index (χ4n) is 1.82. The van der Waals surface area contributed by atoms with Crippen LogP contribution in [0.1, 0.15) is 11.6 Å². The van der Waals surface area contributed by atoms with Crippen LogP contribution in [-0.4, -0.2) is 36.1 Å². The van der Waals surface area contributed by atoms with Crippen LogP contribution in [-0.2, 0) is 13.0 Å². The second kappa shape index (κ2) is 5.66. The Morgan fingerprint density at radius 2 is 2.17 bits per heavy atom. The molecule has 0 unspecified atom stereocenters. The number of nitrogens with one attached hydrogen (secondary N) is 1. The molecule has 1 N–H and O–H groups in total. The number of H-pyrrole nitrogens is 1. The Hall–Kier alpha value is -2.98. The summed E-state index contributed by atoms with van der Waals surface area (Å²) in [5.74, 6) is 0.330. The second-order valence-electron chi connectivity index (χ2n) is 4.60. The summed E-state index contributed by atoms with van der Waals surface area (Å²) in [6, 6.07) is 1.44. The first kappa shape index (κ1) is 14.9. The smallest absolute Gasteiger partial charge is 0.338 e. The third kappa shape index (κ3) is 3.81. The fraction of sp³-hybridized carbons (Fsp3) is 0.250. The summed E-state index contributed by atoms with van der Waals surface area (Å²) in [7, 11) is 0. The molecule has 0 bridgehead atoms. The first-order valence-corrected chi connectivity index (χ1v) is 6.36. The number of halogens is 3. The fourth-order valence-corrected chi connectivity index (χ4v) is 1.82. The van der Waals surface area contributed by atoms with Gasteiger partial charge in [-0.3, -0.25) is 9.48 Å². The van der Waals surface area contributed by atoms with Crippen molar-refractivity contribution >= 4 is 0 Å². The molecule has 0 aliphatic carbocycles. The zero-order chi connectivity index (χ0) is 16.4. The molecule has 0 spiro atoms. The Morgan fingerprint density at radius 3 is 2.87 bits per heavy atom. The minimum Gasteiger partial charge on any atom is -0.338 e. The van der Waals surface area contributed by atoms with E-state index >= 15 is 0 Å². The SMILES string of the molecule is O=c1cnc(-c2noc(Cc3ccn(CC(F)(F)F)n3)n2)c[nH]1. The third-order valence-electron chi connectivity index (χ3n) is 2.74. The Balaban J connectivity index is 1.72. The van der Waals surface area contributed by atoms with Gasteiger partial charge in [0, 0.05) is 12.4 Å². The van der Waals surface area contributed by atoms with Gasteiger partial charge >= 0.3 is 6.18 Å². The monoisotopic (exact) mass is 326 g/mol. The van der Waals surface area contributed by atoms with Crippen LogP contribution in [0, 0.1) is 0 Å². The zero-order valence-electron chi connectivity index (χ0n) is 11.4. The van der Waals surface area contributed by atoms with Crippen molar-refractivity contribution in [1.29, 1.82) is 0 Å². The number of aromatic nitrogens is 6. The Kier molecular flexibility index (Phi) is 3.68. The van der Waals surface area contributed by atoms with Gasteiger partial charge in [-0.2, -0.15) is 23.3 Å². The highest BCUT2D eigenvalue weighted by Gasteiger charge is 2.28. The van der Waals surface area contributed by atoms with Gasteiger partial charge in [-0.25, -0.2) is 4.98 Å². The van der Waals surface area contributed by atoms with Crippen LogP contribution in [0.3, 0.4) is 0 Å². The summed E-state index contributed by atoms with van der Waals surface area (Å²) in [4.78, 5) is 21.2. The van der Waals surface area contributed by atoms with Crippen molar-refractivity contribution in [2.75, 3.05) is 0 Å². The van der Waals surface area contributed by atoms with E-state index in [2.05, 4.69) is 25.2 Å². The van der Waals surface area contributed by atoms with Crippen molar-refractivity contribution in [2.24, 2.45) is 0 Å². The van der Waals surface area contributed by atoms with Crippen LogP contribution in [0.25, 0.3) is 11.5 Å². The van der Waals surface area contributed by atoms with Crippen molar-refractivity contribution in [3.63, 3.8) is 0 Å². The number of hydrogen-bond donors (Lipinski definition) is 1. The molecular weight excluding hydrogens is 317 g/mol. The van der Waals surface area contributed by atoms with E-state index in [1.807, 2.05) is 0 Å². The lowest BCUT2D eigenvalue weighted by atomic mass is 10.3. The van der Waals surface area contributed by atoms with Crippen molar-refractivity contribution in [2.45, 2.75) is 19.1 Å². The zero-order valence-corrected chi connectivity index (χ0v) is 11.4. The second-order valence-corrected chi connectivity index (χ2v) is 4.60. The molecule has 3 aromatic rings. The molecule has 120 valence electrons. The van der Waals surface area contributed by atoms with Gasteiger partial charge in [0.15, 0.2) is 0 Å². The number of aromatic amines is 1. The van der Waals surface area contributed by atoms with Gasteiger partial charge in [0.1, 0.15) is 12.2 Å². The molecular formula is C12H9F3N6O2. The first-order chi connectivity index (χ1) is 10.9. The van der Waals surface area contributed by atoms with Gasteiger partial charge in [-0.05, 0) is 6.07 Å². The van der Waals surface area contributed by atoms with Gasteiger partial charge in [0.2, 0.25) is 11.7 Å². The molecule has 0 atom stereocenters. The summed E-state index contributed by atoms with van der Waals surface area (Å²) in [5.41, 5.74) is 0.300. The van der Waals surface area contributed by atoms with Crippen molar-refractivity contribution in [3.8, 4) is 11.5 Å². The average Bonchev–Trinajstić information content (AvgIpc) is 3.08. The molecule has 0 amide bonds. The highest BCUT2D eigenvalue weighted by molar-refractivity contribution is 5.45. The molecule has 0 saturated heterocycles. The molecule has 0 aliphatic rings. The highest BCUT2D eigenvalue weighted by Crippen LogP contribution is 2.17. The van der Waals surface area contributed by atoms with Crippen molar-refractivity contribution in [1.82, 2.24) is 29.9 Å².